The Hall–Kier alpha value is -2.25. The van der Waals surface area contributed by atoms with Gasteiger partial charge in [-0.15, -0.1) is 0 Å². The van der Waals surface area contributed by atoms with Crippen LogP contribution in [0.25, 0.3) is 0 Å². The third-order valence-electron chi connectivity index (χ3n) is 16.1. The zero-order valence-corrected chi connectivity index (χ0v) is 33.9. The number of carboxylic acid groups (broad SMARTS) is 1. The third kappa shape index (κ3) is 6.10. The van der Waals surface area contributed by atoms with Gasteiger partial charge < -0.3 is 15.2 Å². The molecular formula is C44H63ClFNO5. The van der Waals surface area contributed by atoms with Crippen LogP contribution < -0.4 is 5.32 Å². The van der Waals surface area contributed by atoms with E-state index in [9.17, 15) is 23.9 Å². The van der Waals surface area contributed by atoms with Crippen molar-refractivity contribution in [1.29, 1.82) is 0 Å². The van der Waals surface area contributed by atoms with Crippen LogP contribution in [-0.2, 0) is 25.7 Å². The van der Waals surface area contributed by atoms with Gasteiger partial charge in [-0.25, -0.2) is 4.39 Å². The number of hydrogen-bond donors (Lipinski definition) is 2. The molecule has 0 aromatic heterocycles. The van der Waals surface area contributed by atoms with E-state index >= 15 is 0 Å². The Balaban J connectivity index is 1.24. The van der Waals surface area contributed by atoms with Crippen molar-refractivity contribution >= 4 is 29.3 Å². The number of fused-ring (bicyclic) bond motifs is 7. The second kappa shape index (κ2) is 13.5. The van der Waals surface area contributed by atoms with Crippen molar-refractivity contribution in [2.75, 3.05) is 6.54 Å². The molecule has 8 heteroatoms. The highest BCUT2D eigenvalue weighted by Crippen LogP contribution is 2.77. The first-order valence-electron chi connectivity index (χ1n) is 20.0. The summed E-state index contributed by atoms with van der Waals surface area (Å²) in [5, 5.41) is 13.2. The predicted molar refractivity (Wildman–Crippen MR) is 203 cm³/mol. The first-order chi connectivity index (χ1) is 24.1. The van der Waals surface area contributed by atoms with E-state index in [-0.39, 0.29) is 56.4 Å². The number of halogens is 2. The third-order valence-corrected chi connectivity index (χ3v) is 16.4. The first-order valence-corrected chi connectivity index (χ1v) is 20.4. The summed E-state index contributed by atoms with van der Waals surface area (Å²) in [4.78, 5) is 38.8. The Kier molecular flexibility index (Phi) is 10.2. The number of carbonyl (C=O) groups is 3. The van der Waals surface area contributed by atoms with Crippen LogP contribution in [0.1, 0.15) is 139 Å². The van der Waals surface area contributed by atoms with Crippen molar-refractivity contribution in [3.63, 3.8) is 0 Å². The van der Waals surface area contributed by atoms with Gasteiger partial charge in [0.05, 0.1) is 16.9 Å². The maximum Gasteiger partial charge on any atom is 0.309 e. The van der Waals surface area contributed by atoms with Gasteiger partial charge in [-0.2, -0.15) is 0 Å². The van der Waals surface area contributed by atoms with Crippen molar-refractivity contribution < 1.29 is 28.6 Å². The summed E-state index contributed by atoms with van der Waals surface area (Å²) in [6, 6.07) is 5.13. The number of hydrogen-bond acceptors (Lipinski definition) is 5. The number of carboxylic acids is 1. The minimum Gasteiger partial charge on any atom is -0.481 e. The fraction of sp³-hybridized carbons (Fsp3) is 0.750. The van der Waals surface area contributed by atoms with Crippen LogP contribution in [-0.4, -0.2) is 35.5 Å². The van der Waals surface area contributed by atoms with Gasteiger partial charge >= 0.3 is 11.9 Å². The van der Waals surface area contributed by atoms with Crippen LogP contribution in [0.5, 0.6) is 0 Å². The number of Topliss-reactive ketones (excluding diaryl/α,β-unsaturated/α-hetero) is 1. The van der Waals surface area contributed by atoms with Crippen molar-refractivity contribution in [2.45, 2.75) is 146 Å². The zero-order valence-electron chi connectivity index (χ0n) is 33.1. The van der Waals surface area contributed by atoms with Crippen LogP contribution in [0.15, 0.2) is 29.3 Å². The second-order valence-corrected chi connectivity index (χ2v) is 20.2. The molecule has 5 aliphatic rings. The molecule has 0 spiro atoms. The van der Waals surface area contributed by atoms with Crippen molar-refractivity contribution in [2.24, 2.45) is 56.2 Å². The van der Waals surface area contributed by atoms with Gasteiger partial charge in [0.25, 0.3) is 0 Å². The van der Waals surface area contributed by atoms with Gasteiger partial charge in [0, 0.05) is 29.4 Å². The number of nitrogens with one attached hydrogen (secondary N) is 1. The zero-order chi connectivity index (χ0) is 38.2. The Labute approximate surface area is 316 Å². The number of aliphatic carboxylic acids is 1. The van der Waals surface area contributed by atoms with E-state index < -0.39 is 17.4 Å². The number of carbonyl (C=O) groups excluding carboxylic acids is 2. The molecule has 0 unspecified atom stereocenters. The highest BCUT2D eigenvalue weighted by atomic mass is 35.5. The van der Waals surface area contributed by atoms with E-state index in [2.05, 4.69) is 53.8 Å². The predicted octanol–water partition coefficient (Wildman–Crippen LogP) is 10.4. The standard InChI is InChI=1S/C44H63ClFNO5/c1-26(2)35-30(48)23-44(21-22-47-25-27-11-10-12-29(45)37(27)46)20-19-42(8)28(36(35)44)13-14-32-41(7)17-16-33(52-34(49)24-39(3,4)38(50)51)40(5,6)31(41)15-18-43(32,42)9/h10-12,26,28,31-33,47H,13-25H2,1-9H3,(H,50,51)/t28-,31+,32-,33+,41+,42-,43-,44-/m1/s1. The lowest BCUT2D eigenvalue weighted by Gasteiger charge is -2.72. The Morgan fingerprint density at radius 1 is 1.00 bits per heavy atom. The van der Waals surface area contributed by atoms with E-state index in [0.29, 0.717) is 48.6 Å². The summed E-state index contributed by atoms with van der Waals surface area (Å²) in [5.41, 5.74) is 1.82. The molecule has 0 radical (unpaired) electrons. The largest absolute Gasteiger partial charge is 0.481 e. The van der Waals surface area contributed by atoms with Gasteiger partial charge in [0.1, 0.15) is 11.9 Å². The van der Waals surface area contributed by atoms with E-state index in [1.807, 2.05) is 0 Å². The molecule has 0 heterocycles. The van der Waals surface area contributed by atoms with Crippen molar-refractivity contribution in [3.8, 4) is 0 Å². The maximum atomic E-state index is 14.6. The normalized spacial score (nSPS) is 36.9. The van der Waals surface area contributed by atoms with Crippen LogP contribution in [0, 0.1) is 62.0 Å². The molecule has 4 fully saturated rings. The average molecular weight is 740 g/mol. The molecule has 1 aromatic carbocycles. The van der Waals surface area contributed by atoms with Gasteiger partial charge in [0.2, 0.25) is 0 Å². The molecule has 2 N–H and O–H groups in total. The molecule has 0 aliphatic heterocycles. The lowest BCUT2D eigenvalue weighted by Crippen LogP contribution is -2.65. The molecule has 4 saturated carbocycles. The molecule has 0 bridgehead atoms. The fourth-order valence-corrected chi connectivity index (χ4v) is 13.3. The minimum atomic E-state index is -1.16. The SMILES string of the molecule is CC(C)C1=C2[C@H]3CC[C@@H]4[C@@]5(C)CC[C@H](OC(=O)CC(C)(C)C(=O)O)C(C)(C)[C@@H]5CC[C@@]4(C)[C@]3(C)CC[C@@]2(CCNCc2cccc(Cl)c2F)CC1=O. The van der Waals surface area contributed by atoms with Crippen LogP contribution in [0.4, 0.5) is 4.39 Å². The molecule has 6 nitrogen and oxygen atoms in total. The summed E-state index contributed by atoms with van der Waals surface area (Å²) in [6.07, 6.45) is 9.37. The highest BCUT2D eigenvalue weighted by molar-refractivity contribution is 6.30. The number of allylic oxidation sites excluding steroid dienone is 2. The number of rotatable bonds is 10. The van der Waals surface area contributed by atoms with E-state index in [4.69, 9.17) is 16.3 Å². The van der Waals surface area contributed by atoms with Gasteiger partial charge in [-0.05, 0) is 130 Å². The molecule has 5 aliphatic carbocycles. The summed E-state index contributed by atoms with van der Waals surface area (Å²) in [6.45, 7) is 20.9. The first kappa shape index (κ1) is 39.4. The summed E-state index contributed by atoms with van der Waals surface area (Å²) >= 11 is 6.05. The summed E-state index contributed by atoms with van der Waals surface area (Å²) in [5.74, 6) is 0.000384. The number of ketones is 1. The molecule has 1 aromatic rings. The van der Waals surface area contributed by atoms with Crippen LogP contribution in [0.3, 0.4) is 0 Å². The quantitative estimate of drug-likeness (QED) is 0.183. The lowest BCUT2D eigenvalue weighted by atomic mass is 9.33. The second-order valence-electron chi connectivity index (χ2n) is 19.8. The van der Waals surface area contributed by atoms with Crippen LogP contribution >= 0.6 is 11.6 Å². The number of benzene rings is 1. The average Bonchev–Trinajstić information content (AvgIpc) is 3.35. The van der Waals surface area contributed by atoms with E-state index in [1.54, 1.807) is 32.0 Å². The Morgan fingerprint density at radius 2 is 1.71 bits per heavy atom. The fourth-order valence-electron chi connectivity index (χ4n) is 13.1. The molecule has 6 rings (SSSR count). The van der Waals surface area contributed by atoms with Gasteiger partial charge in [0.15, 0.2) is 5.78 Å². The molecule has 0 saturated heterocycles. The van der Waals surface area contributed by atoms with Gasteiger partial charge in [-0.3, -0.25) is 14.4 Å². The molecule has 52 heavy (non-hydrogen) atoms. The monoisotopic (exact) mass is 739 g/mol. The Bertz CT molecular complexity index is 1650. The molecule has 288 valence electrons. The van der Waals surface area contributed by atoms with E-state index in [1.165, 1.54) is 5.57 Å². The Morgan fingerprint density at radius 3 is 2.38 bits per heavy atom. The van der Waals surface area contributed by atoms with Crippen molar-refractivity contribution in [1.82, 2.24) is 5.32 Å². The molecule has 8 atom stereocenters. The molecule has 0 amide bonds. The van der Waals surface area contributed by atoms with Crippen LogP contribution in [0.2, 0.25) is 5.02 Å². The number of ether oxygens (including phenoxy) is 1. The topological polar surface area (TPSA) is 92.7 Å². The van der Waals surface area contributed by atoms with Crippen molar-refractivity contribution in [3.05, 3.63) is 45.7 Å². The molecular weight excluding hydrogens is 677 g/mol. The number of esters is 1. The highest BCUT2D eigenvalue weighted by Gasteiger charge is 2.70. The van der Waals surface area contributed by atoms with E-state index in [0.717, 1.165) is 63.4 Å². The van der Waals surface area contributed by atoms with Gasteiger partial charge in [-0.1, -0.05) is 77.8 Å². The smallest absolute Gasteiger partial charge is 0.309 e. The lowest BCUT2D eigenvalue weighted by molar-refractivity contribution is -0.233. The maximum absolute atomic E-state index is 14.6. The minimum absolute atomic E-state index is 0.0563. The summed E-state index contributed by atoms with van der Waals surface area (Å²) < 4.78 is 20.8. The summed E-state index contributed by atoms with van der Waals surface area (Å²) in [7, 11) is 0.